The van der Waals surface area contributed by atoms with Gasteiger partial charge in [-0.25, -0.2) is 4.79 Å². The van der Waals surface area contributed by atoms with Crippen LogP contribution in [0.3, 0.4) is 0 Å². The number of rotatable bonds is 1. The smallest absolute Gasteiger partial charge is 0.320 e. The molecule has 1 aliphatic carbocycles. The Hall–Kier alpha value is -0.770. The van der Waals surface area contributed by atoms with Crippen LogP contribution in [0.15, 0.2) is 0 Å². The van der Waals surface area contributed by atoms with Crippen molar-refractivity contribution in [1.82, 2.24) is 9.80 Å². The zero-order valence-electron chi connectivity index (χ0n) is 13.5. The van der Waals surface area contributed by atoms with Gasteiger partial charge in [0.25, 0.3) is 0 Å². The highest BCUT2D eigenvalue weighted by Gasteiger charge is 2.56. The minimum Gasteiger partial charge on any atom is -0.378 e. The van der Waals surface area contributed by atoms with E-state index >= 15 is 0 Å². The van der Waals surface area contributed by atoms with Gasteiger partial charge in [-0.15, -0.1) is 0 Å². The van der Waals surface area contributed by atoms with Crippen LogP contribution in [0.2, 0.25) is 0 Å². The summed E-state index contributed by atoms with van der Waals surface area (Å²) in [5.41, 5.74) is -0.232. The molecular weight excluding hydrogens is 252 g/mol. The van der Waals surface area contributed by atoms with Gasteiger partial charge < -0.3 is 14.5 Å². The van der Waals surface area contributed by atoms with Crippen LogP contribution in [0.4, 0.5) is 4.79 Å². The number of likely N-dealkylation sites (tertiary alicyclic amines) is 2. The molecule has 3 fully saturated rings. The maximum Gasteiger partial charge on any atom is 0.320 e. The lowest BCUT2D eigenvalue weighted by Gasteiger charge is -2.40. The highest BCUT2D eigenvalue weighted by atomic mass is 16.5. The van der Waals surface area contributed by atoms with Gasteiger partial charge in [0.2, 0.25) is 0 Å². The average molecular weight is 280 g/mol. The van der Waals surface area contributed by atoms with E-state index in [0.717, 1.165) is 19.0 Å². The van der Waals surface area contributed by atoms with E-state index in [1.165, 1.54) is 19.3 Å². The molecule has 0 N–H and O–H groups in total. The lowest BCUT2D eigenvalue weighted by molar-refractivity contribution is -0.0141. The van der Waals surface area contributed by atoms with Crippen LogP contribution in [0.25, 0.3) is 0 Å². The second-order valence-corrected chi connectivity index (χ2v) is 8.11. The molecule has 2 amide bonds. The van der Waals surface area contributed by atoms with E-state index < -0.39 is 0 Å². The fourth-order valence-electron chi connectivity index (χ4n) is 5.03. The van der Waals surface area contributed by atoms with Crippen LogP contribution < -0.4 is 0 Å². The number of urea groups is 1. The first kappa shape index (κ1) is 14.2. The van der Waals surface area contributed by atoms with Gasteiger partial charge in [0.1, 0.15) is 0 Å². The molecule has 0 aromatic rings. The lowest BCUT2D eigenvalue weighted by Crippen LogP contribution is -2.55. The summed E-state index contributed by atoms with van der Waals surface area (Å²) < 4.78 is 5.73. The molecule has 3 rings (SSSR count). The van der Waals surface area contributed by atoms with Crippen LogP contribution in [0.1, 0.15) is 47.0 Å². The maximum absolute atomic E-state index is 13.0. The monoisotopic (exact) mass is 280 g/mol. The van der Waals surface area contributed by atoms with E-state index in [4.69, 9.17) is 4.74 Å². The first-order valence-electron chi connectivity index (χ1n) is 7.88. The molecule has 3 aliphatic rings. The SMILES string of the molecule is COC1C(C)(C)CN(C(=O)N2CC3CCC2C3)C1(C)C. The number of hydrogen-bond acceptors (Lipinski definition) is 2. The molecule has 0 aromatic heterocycles. The highest BCUT2D eigenvalue weighted by Crippen LogP contribution is 2.45. The number of nitrogens with zero attached hydrogens (tertiary/aromatic N) is 2. The number of carbonyl (C=O) groups is 1. The summed E-state index contributed by atoms with van der Waals surface area (Å²) in [5, 5.41) is 0. The Balaban J connectivity index is 1.82. The molecule has 0 radical (unpaired) electrons. The Morgan fingerprint density at radius 2 is 1.90 bits per heavy atom. The molecule has 1 saturated carbocycles. The predicted octanol–water partition coefficient (Wildman–Crippen LogP) is 2.73. The number of hydrogen-bond donors (Lipinski definition) is 0. The van der Waals surface area contributed by atoms with Gasteiger partial charge in [0.05, 0.1) is 11.6 Å². The van der Waals surface area contributed by atoms with Crippen molar-refractivity contribution < 1.29 is 9.53 Å². The van der Waals surface area contributed by atoms with Crippen molar-refractivity contribution in [2.45, 2.75) is 64.6 Å². The van der Waals surface area contributed by atoms with Crippen LogP contribution in [-0.4, -0.2) is 53.7 Å². The first-order chi connectivity index (χ1) is 9.27. The van der Waals surface area contributed by atoms with Gasteiger partial charge in [0, 0.05) is 31.7 Å². The van der Waals surface area contributed by atoms with E-state index in [1.54, 1.807) is 7.11 Å². The topological polar surface area (TPSA) is 32.8 Å². The Bertz CT molecular complexity index is 419. The molecule has 2 saturated heterocycles. The van der Waals surface area contributed by atoms with Gasteiger partial charge in [-0.1, -0.05) is 13.8 Å². The predicted molar refractivity (Wildman–Crippen MR) is 78.6 cm³/mol. The first-order valence-corrected chi connectivity index (χ1v) is 7.88. The molecular formula is C16H28N2O2. The van der Waals surface area contributed by atoms with Gasteiger partial charge in [-0.3, -0.25) is 0 Å². The number of amides is 2. The Morgan fingerprint density at radius 1 is 1.20 bits per heavy atom. The summed E-state index contributed by atoms with van der Waals surface area (Å²) in [7, 11) is 1.76. The zero-order valence-corrected chi connectivity index (χ0v) is 13.5. The molecule has 3 unspecified atom stereocenters. The second kappa shape index (κ2) is 4.36. The second-order valence-electron chi connectivity index (χ2n) is 8.11. The van der Waals surface area contributed by atoms with Crippen molar-refractivity contribution in [3.05, 3.63) is 0 Å². The van der Waals surface area contributed by atoms with Crippen LogP contribution in [-0.2, 0) is 4.74 Å². The lowest BCUT2D eigenvalue weighted by atomic mass is 9.82. The average Bonchev–Trinajstić information content (AvgIpc) is 3.00. The minimum absolute atomic E-state index is 0.00660. The standard InChI is InChI=1S/C16H28N2O2/c1-15(2)10-18(16(3,4)13(15)20-5)14(19)17-9-11-6-7-12(17)8-11/h11-13H,6-10H2,1-5H3. The molecule has 2 bridgehead atoms. The van der Waals surface area contributed by atoms with E-state index in [-0.39, 0.29) is 23.1 Å². The molecule has 0 aromatic carbocycles. The molecule has 0 spiro atoms. The summed E-state index contributed by atoms with van der Waals surface area (Å²) in [6, 6.07) is 0.725. The van der Waals surface area contributed by atoms with E-state index in [0.29, 0.717) is 6.04 Å². The molecule has 3 atom stereocenters. The van der Waals surface area contributed by atoms with Crippen molar-refractivity contribution in [2.75, 3.05) is 20.2 Å². The molecule has 2 heterocycles. The van der Waals surface area contributed by atoms with Gasteiger partial charge in [-0.05, 0) is 39.0 Å². The summed E-state index contributed by atoms with van der Waals surface area (Å²) in [5.74, 6) is 0.751. The Labute approximate surface area is 122 Å². The third kappa shape index (κ3) is 1.87. The van der Waals surface area contributed by atoms with Crippen molar-refractivity contribution in [1.29, 1.82) is 0 Å². The fourth-order valence-corrected chi connectivity index (χ4v) is 5.03. The van der Waals surface area contributed by atoms with Crippen LogP contribution >= 0.6 is 0 Å². The zero-order chi connectivity index (χ0) is 14.7. The number of ether oxygens (including phenoxy) is 1. The molecule has 20 heavy (non-hydrogen) atoms. The number of carbonyl (C=O) groups excluding carboxylic acids is 1. The van der Waals surface area contributed by atoms with Gasteiger partial charge in [-0.2, -0.15) is 0 Å². The number of fused-ring (bicyclic) bond motifs is 2. The van der Waals surface area contributed by atoms with E-state index in [2.05, 4.69) is 37.5 Å². The fraction of sp³-hybridized carbons (Fsp3) is 0.938. The Kier molecular flexibility index (Phi) is 3.09. The van der Waals surface area contributed by atoms with Crippen molar-refractivity contribution in [3.8, 4) is 0 Å². The summed E-state index contributed by atoms with van der Waals surface area (Å²) in [6.07, 6.45) is 3.81. The summed E-state index contributed by atoms with van der Waals surface area (Å²) >= 11 is 0. The normalized spacial score (nSPS) is 37.8. The Morgan fingerprint density at radius 3 is 2.35 bits per heavy atom. The third-order valence-electron chi connectivity index (χ3n) is 5.73. The van der Waals surface area contributed by atoms with Gasteiger partial charge in [0.15, 0.2) is 0 Å². The van der Waals surface area contributed by atoms with Crippen molar-refractivity contribution >= 4 is 6.03 Å². The molecule has 114 valence electrons. The van der Waals surface area contributed by atoms with Crippen molar-refractivity contribution in [3.63, 3.8) is 0 Å². The minimum atomic E-state index is -0.239. The van der Waals surface area contributed by atoms with E-state index in [1.807, 2.05) is 0 Å². The number of piperidine rings is 1. The number of methoxy groups -OCH3 is 1. The highest BCUT2D eigenvalue weighted by molar-refractivity contribution is 5.77. The molecule has 4 heteroatoms. The quantitative estimate of drug-likeness (QED) is 0.740. The van der Waals surface area contributed by atoms with Gasteiger partial charge >= 0.3 is 6.03 Å². The molecule has 4 nitrogen and oxygen atoms in total. The van der Waals surface area contributed by atoms with Crippen LogP contribution in [0, 0.1) is 11.3 Å². The molecule has 2 aliphatic heterocycles. The van der Waals surface area contributed by atoms with Crippen molar-refractivity contribution in [2.24, 2.45) is 11.3 Å². The summed E-state index contributed by atoms with van der Waals surface area (Å²) in [6.45, 7) is 10.4. The van der Waals surface area contributed by atoms with Crippen LogP contribution in [0.5, 0.6) is 0 Å². The van der Waals surface area contributed by atoms with E-state index in [9.17, 15) is 4.79 Å². The largest absolute Gasteiger partial charge is 0.378 e. The maximum atomic E-state index is 13.0. The third-order valence-corrected chi connectivity index (χ3v) is 5.73. The summed E-state index contributed by atoms with van der Waals surface area (Å²) in [4.78, 5) is 17.2.